The summed E-state index contributed by atoms with van der Waals surface area (Å²) in [5.74, 6) is 0.184. The number of hydrogen-bond acceptors (Lipinski definition) is 4. The molecule has 154 valence electrons. The number of benzene rings is 2. The van der Waals surface area contributed by atoms with Gasteiger partial charge < -0.3 is 9.64 Å². The van der Waals surface area contributed by atoms with Crippen LogP contribution in [0.2, 0.25) is 0 Å². The van der Waals surface area contributed by atoms with Gasteiger partial charge in [-0.2, -0.15) is 0 Å². The van der Waals surface area contributed by atoms with Gasteiger partial charge >= 0.3 is 0 Å². The number of imide groups is 1. The second-order valence-electron chi connectivity index (χ2n) is 7.81. The van der Waals surface area contributed by atoms with Crippen LogP contribution in [0.1, 0.15) is 31.4 Å². The molecule has 2 aliphatic heterocycles. The molecule has 0 bridgehead atoms. The molecule has 30 heavy (non-hydrogen) atoms. The Labute approximate surface area is 177 Å². The number of carbonyl (C=O) groups is 2. The third-order valence-electron chi connectivity index (χ3n) is 5.35. The molecule has 0 fully saturated rings. The molecule has 0 radical (unpaired) electrons. The summed E-state index contributed by atoms with van der Waals surface area (Å²) < 4.78 is 5.73. The number of carbonyl (C=O) groups excluding carboxylic acids is 2. The standard InChI is InChI=1S/C25H26N2O3/c1-4-15-27-24(28)22(19-11-13-20(14-12-19)30-17(2)3)23(25(27)29)26-16-7-9-18-8-5-6-10-21(18)26/h4-6,8,10-14,17H,1,7,9,15-16H2,2-3H3. The van der Waals surface area contributed by atoms with Crippen molar-refractivity contribution < 1.29 is 14.3 Å². The highest BCUT2D eigenvalue weighted by Gasteiger charge is 2.42. The van der Waals surface area contributed by atoms with E-state index in [9.17, 15) is 9.59 Å². The average molecular weight is 402 g/mol. The zero-order valence-electron chi connectivity index (χ0n) is 17.4. The van der Waals surface area contributed by atoms with Crippen LogP contribution in [0.15, 0.2) is 66.9 Å². The molecule has 5 nitrogen and oxygen atoms in total. The molecular weight excluding hydrogens is 376 g/mol. The number of anilines is 1. The number of aryl methyl sites for hydroxylation is 1. The quantitative estimate of drug-likeness (QED) is 0.537. The van der Waals surface area contributed by atoms with Gasteiger partial charge in [0.25, 0.3) is 11.8 Å². The first-order valence-electron chi connectivity index (χ1n) is 10.3. The van der Waals surface area contributed by atoms with Gasteiger partial charge in [-0.25, -0.2) is 0 Å². The number of para-hydroxylation sites is 1. The van der Waals surface area contributed by atoms with Crippen molar-refractivity contribution in [2.45, 2.75) is 32.8 Å². The summed E-state index contributed by atoms with van der Waals surface area (Å²) in [4.78, 5) is 29.9. The van der Waals surface area contributed by atoms with Crippen molar-refractivity contribution >= 4 is 23.1 Å². The first-order chi connectivity index (χ1) is 14.5. The molecule has 2 heterocycles. The molecule has 0 atom stereocenters. The first-order valence-corrected chi connectivity index (χ1v) is 10.3. The molecule has 2 aromatic carbocycles. The van der Waals surface area contributed by atoms with Gasteiger partial charge in [0, 0.05) is 18.8 Å². The molecular formula is C25H26N2O3. The molecule has 0 saturated carbocycles. The summed E-state index contributed by atoms with van der Waals surface area (Å²) in [6.45, 7) is 8.53. The van der Waals surface area contributed by atoms with Gasteiger partial charge in [-0.1, -0.05) is 36.4 Å². The second kappa shape index (κ2) is 8.19. The van der Waals surface area contributed by atoms with E-state index >= 15 is 0 Å². The van der Waals surface area contributed by atoms with Gasteiger partial charge in [0.1, 0.15) is 11.4 Å². The summed E-state index contributed by atoms with van der Waals surface area (Å²) in [6.07, 6.45) is 3.54. The fourth-order valence-corrected chi connectivity index (χ4v) is 4.11. The highest BCUT2D eigenvalue weighted by molar-refractivity contribution is 6.36. The Hall–Kier alpha value is -3.34. The number of amides is 2. The van der Waals surface area contributed by atoms with Crippen LogP contribution in [0, 0.1) is 0 Å². The molecule has 0 saturated heterocycles. The van der Waals surface area contributed by atoms with Gasteiger partial charge in [0.15, 0.2) is 0 Å². The Morgan fingerprint density at radius 1 is 1.07 bits per heavy atom. The van der Waals surface area contributed by atoms with Crippen LogP contribution in [-0.4, -0.2) is 35.9 Å². The maximum absolute atomic E-state index is 13.3. The zero-order chi connectivity index (χ0) is 21.3. The van der Waals surface area contributed by atoms with E-state index in [1.807, 2.05) is 61.2 Å². The Morgan fingerprint density at radius 2 is 1.80 bits per heavy atom. The highest BCUT2D eigenvalue weighted by Crippen LogP contribution is 2.38. The lowest BCUT2D eigenvalue weighted by atomic mass is 9.98. The van der Waals surface area contributed by atoms with E-state index < -0.39 is 0 Å². The maximum Gasteiger partial charge on any atom is 0.278 e. The Kier molecular flexibility index (Phi) is 5.44. The lowest BCUT2D eigenvalue weighted by Crippen LogP contribution is -2.37. The predicted molar refractivity (Wildman–Crippen MR) is 118 cm³/mol. The third-order valence-corrected chi connectivity index (χ3v) is 5.35. The van der Waals surface area contributed by atoms with E-state index in [1.54, 1.807) is 6.08 Å². The lowest BCUT2D eigenvalue weighted by molar-refractivity contribution is -0.136. The van der Waals surface area contributed by atoms with Crippen LogP contribution in [-0.2, 0) is 16.0 Å². The fourth-order valence-electron chi connectivity index (χ4n) is 4.11. The predicted octanol–water partition coefficient (Wildman–Crippen LogP) is 4.19. The first kappa shape index (κ1) is 20.0. The van der Waals surface area contributed by atoms with Crippen molar-refractivity contribution in [3.63, 3.8) is 0 Å². The second-order valence-corrected chi connectivity index (χ2v) is 7.81. The molecule has 0 aliphatic carbocycles. The topological polar surface area (TPSA) is 49.9 Å². The van der Waals surface area contributed by atoms with Crippen molar-refractivity contribution in [1.82, 2.24) is 4.90 Å². The van der Waals surface area contributed by atoms with Crippen LogP contribution in [0.25, 0.3) is 5.57 Å². The maximum atomic E-state index is 13.3. The summed E-state index contributed by atoms with van der Waals surface area (Å²) >= 11 is 0. The van der Waals surface area contributed by atoms with Gasteiger partial charge in [0.05, 0.1) is 11.7 Å². The molecule has 2 aliphatic rings. The fraction of sp³-hybridized carbons (Fsp3) is 0.280. The summed E-state index contributed by atoms with van der Waals surface area (Å²) in [6, 6.07) is 15.5. The van der Waals surface area contributed by atoms with Gasteiger partial charge in [-0.05, 0) is 56.0 Å². The molecule has 4 rings (SSSR count). The van der Waals surface area contributed by atoms with Crippen molar-refractivity contribution in [3.8, 4) is 5.75 Å². The van der Waals surface area contributed by atoms with Crippen molar-refractivity contribution in [2.75, 3.05) is 18.0 Å². The van der Waals surface area contributed by atoms with Crippen LogP contribution >= 0.6 is 0 Å². The molecule has 2 amide bonds. The van der Waals surface area contributed by atoms with Crippen LogP contribution < -0.4 is 9.64 Å². The SMILES string of the molecule is C=CCN1C(=O)C(c2ccc(OC(C)C)cc2)=C(N2CCCc3ccccc32)C1=O. The highest BCUT2D eigenvalue weighted by atomic mass is 16.5. The molecule has 0 aromatic heterocycles. The number of hydrogen-bond donors (Lipinski definition) is 0. The summed E-state index contributed by atoms with van der Waals surface area (Å²) in [5.41, 5.74) is 3.80. The van der Waals surface area contributed by atoms with E-state index in [4.69, 9.17) is 4.74 Å². The number of nitrogens with zero attached hydrogens (tertiary/aromatic N) is 2. The van der Waals surface area contributed by atoms with E-state index in [-0.39, 0.29) is 24.5 Å². The normalized spacial score (nSPS) is 16.4. The Bertz CT molecular complexity index is 1020. The zero-order valence-corrected chi connectivity index (χ0v) is 17.4. The summed E-state index contributed by atoms with van der Waals surface area (Å²) in [7, 11) is 0. The van der Waals surface area contributed by atoms with Crippen molar-refractivity contribution in [3.05, 3.63) is 78.0 Å². The molecule has 0 N–H and O–H groups in total. The van der Waals surface area contributed by atoms with Crippen LogP contribution in [0.3, 0.4) is 0 Å². The van der Waals surface area contributed by atoms with E-state index in [0.717, 1.165) is 24.3 Å². The third kappa shape index (κ3) is 3.52. The minimum Gasteiger partial charge on any atom is -0.491 e. The largest absolute Gasteiger partial charge is 0.491 e. The Morgan fingerprint density at radius 3 is 2.50 bits per heavy atom. The van der Waals surface area contributed by atoms with Crippen molar-refractivity contribution in [2.24, 2.45) is 0 Å². The van der Waals surface area contributed by atoms with Gasteiger partial charge in [-0.15, -0.1) is 6.58 Å². The minimum atomic E-state index is -0.282. The van der Waals surface area contributed by atoms with Gasteiger partial charge in [-0.3, -0.25) is 14.5 Å². The number of fused-ring (bicyclic) bond motifs is 1. The van der Waals surface area contributed by atoms with Crippen LogP contribution in [0.5, 0.6) is 5.75 Å². The molecule has 0 unspecified atom stereocenters. The smallest absolute Gasteiger partial charge is 0.278 e. The van der Waals surface area contributed by atoms with E-state index in [0.29, 0.717) is 23.4 Å². The van der Waals surface area contributed by atoms with E-state index in [1.165, 1.54) is 10.5 Å². The van der Waals surface area contributed by atoms with E-state index in [2.05, 4.69) is 12.6 Å². The van der Waals surface area contributed by atoms with Gasteiger partial charge in [0.2, 0.25) is 0 Å². The average Bonchev–Trinajstić information content (AvgIpc) is 2.98. The Balaban J connectivity index is 1.83. The van der Waals surface area contributed by atoms with Crippen LogP contribution in [0.4, 0.5) is 5.69 Å². The minimum absolute atomic E-state index is 0.0632. The van der Waals surface area contributed by atoms with Crippen molar-refractivity contribution in [1.29, 1.82) is 0 Å². The lowest BCUT2D eigenvalue weighted by Gasteiger charge is -2.32. The molecule has 5 heteroatoms. The number of rotatable bonds is 6. The summed E-state index contributed by atoms with van der Waals surface area (Å²) in [5, 5.41) is 0. The molecule has 2 aromatic rings. The number of ether oxygens (including phenoxy) is 1. The monoisotopic (exact) mass is 402 g/mol. The molecule has 0 spiro atoms.